The van der Waals surface area contributed by atoms with Gasteiger partial charge in [0.2, 0.25) is 0 Å². The van der Waals surface area contributed by atoms with Gasteiger partial charge in [0.25, 0.3) is 0 Å². The number of piperidine rings is 3. The summed E-state index contributed by atoms with van der Waals surface area (Å²) in [5.74, 6) is 6.85. The van der Waals surface area contributed by atoms with Crippen LogP contribution in [0.5, 0.6) is 0 Å². The molecule has 0 saturated carbocycles. The van der Waals surface area contributed by atoms with Gasteiger partial charge >= 0.3 is 0 Å². The van der Waals surface area contributed by atoms with E-state index in [1.54, 1.807) is 17.5 Å². The van der Waals surface area contributed by atoms with Gasteiger partial charge in [-0.05, 0) is 43.6 Å². The van der Waals surface area contributed by atoms with Crippen molar-refractivity contribution in [1.82, 2.24) is 14.9 Å². The van der Waals surface area contributed by atoms with E-state index >= 15 is 0 Å². The van der Waals surface area contributed by atoms with Gasteiger partial charge in [0.15, 0.2) is 0 Å². The van der Waals surface area contributed by atoms with E-state index in [0.29, 0.717) is 6.54 Å². The highest BCUT2D eigenvalue weighted by Crippen LogP contribution is 2.35. The van der Waals surface area contributed by atoms with Gasteiger partial charge in [0, 0.05) is 25.1 Å². The molecule has 3 aliphatic rings. The molecule has 4 nitrogen and oxygen atoms in total. The molecule has 0 amide bonds. The average molecular weight is 402 g/mol. The Morgan fingerprint density at radius 2 is 1.90 bits per heavy atom. The first-order valence-corrected chi connectivity index (χ1v) is 10.9. The van der Waals surface area contributed by atoms with Crippen LogP contribution >= 0.6 is 11.3 Å². The normalized spacial score (nSPS) is 25.4. The van der Waals surface area contributed by atoms with Crippen LogP contribution in [0.3, 0.4) is 0 Å². The van der Waals surface area contributed by atoms with Gasteiger partial charge in [-0.15, -0.1) is 11.3 Å². The van der Waals surface area contributed by atoms with Crippen LogP contribution in [-0.2, 0) is 6.42 Å². The molecule has 29 heavy (non-hydrogen) atoms. The van der Waals surface area contributed by atoms with E-state index < -0.39 is 5.60 Å². The van der Waals surface area contributed by atoms with E-state index in [1.807, 2.05) is 36.4 Å². The fraction of sp³-hybridized carbons (Fsp3) is 0.333. The summed E-state index contributed by atoms with van der Waals surface area (Å²) < 4.78 is 0. The van der Waals surface area contributed by atoms with Crippen LogP contribution in [0.2, 0.25) is 0 Å². The Hall–Kier alpha value is -2.52. The number of thiazole rings is 1. The SMILES string of the molecule is OC1(C#Cc2sc(-c3ccccn3)nc2Cc2ccccc2)CN2CCC1CC2. The summed E-state index contributed by atoms with van der Waals surface area (Å²) in [7, 11) is 0. The van der Waals surface area contributed by atoms with Gasteiger partial charge in [-0.3, -0.25) is 9.88 Å². The van der Waals surface area contributed by atoms with Crippen LogP contribution in [0.1, 0.15) is 29.0 Å². The number of fused-ring (bicyclic) bond motifs is 3. The Bertz CT molecular complexity index is 1050. The van der Waals surface area contributed by atoms with Crippen LogP contribution in [-0.4, -0.2) is 45.2 Å². The second-order valence-electron chi connectivity index (χ2n) is 7.90. The van der Waals surface area contributed by atoms with E-state index in [4.69, 9.17) is 4.98 Å². The lowest BCUT2D eigenvalue weighted by Crippen LogP contribution is -2.58. The maximum Gasteiger partial charge on any atom is 0.143 e. The minimum atomic E-state index is -0.907. The highest BCUT2D eigenvalue weighted by molar-refractivity contribution is 7.15. The first-order valence-electron chi connectivity index (χ1n) is 10.1. The van der Waals surface area contributed by atoms with Gasteiger partial charge in [0.05, 0.1) is 11.4 Å². The molecule has 1 atom stereocenters. The third kappa shape index (κ3) is 3.84. The van der Waals surface area contributed by atoms with E-state index in [9.17, 15) is 5.11 Å². The molecule has 2 aromatic heterocycles. The maximum atomic E-state index is 11.2. The summed E-state index contributed by atoms with van der Waals surface area (Å²) in [5.41, 5.74) is 2.12. The lowest BCUT2D eigenvalue weighted by molar-refractivity contribution is -0.0713. The van der Waals surface area contributed by atoms with E-state index in [1.165, 1.54) is 5.56 Å². The highest BCUT2D eigenvalue weighted by Gasteiger charge is 2.44. The fourth-order valence-electron chi connectivity index (χ4n) is 4.30. The second-order valence-corrected chi connectivity index (χ2v) is 8.90. The molecule has 146 valence electrons. The molecule has 5 heteroatoms. The van der Waals surface area contributed by atoms with Crippen LogP contribution in [0.25, 0.3) is 10.7 Å². The number of nitrogens with zero attached hydrogens (tertiary/aromatic N) is 3. The summed E-state index contributed by atoms with van der Waals surface area (Å²) in [6.45, 7) is 2.82. The fourth-order valence-corrected chi connectivity index (χ4v) is 5.21. The van der Waals surface area contributed by atoms with Crippen molar-refractivity contribution in [3.05, 3.63) is 70.9 Å². The second kappa shape index (κ2) is 7.72. The molecule has 3 fully saturated rings. The average Bonchev–Trinajstić information content (AvgIpc) is 3.17. The number of rotatable bonds is 3. The van der Waals surface area contributed by atoms with Crippen molar-refractivity contribution in [2.45, 2.75) is 24.9 Å². The zero-order chi connectivity index (χ0) is 19.7. The summed E-state index contributed by atoms with van der Waals surface area (Å²) in [6, 6.07) is 16.2. The molecule has 0 aliphatic carbocycles. The third-order valence-electron chi connectivity index (χ3n) is 5.92. The lowest BCUT2D eigenvalue weighted by atomic mass is 9.76. The zero-order valence-electron chi connectivity index (χ0n) is 16.2. The molecule has 0 radical (unpaired) electrons. The number of aliphatic hydroxyl groups is 1. The van der Waals surface area contributed by atoms with Gasteiger partial charge in [-0.2, -0.15) is 0 Å². The van der Waals surface area contributed by atoms with Gasteiger partial charge < -0.3 is 5.11 Å². The quantitative estimate of drug-likeness (QED) is 0.682. The lowest BCUT2D eigenvalue weighted by Gasteiger charge is -2.47. The number of benzene rings is 1. The molecule has 3 aliphatic heterocycles. The maximum absolute atomic E-state index is 11.2. The Balaban J connectivity index is 1.50. The Labute approximate surface area is 175 Å². The molecule has 1 N–H and O–H groups in total. The van der Waals surface area contributed by atoms with Crippen molar-refractivity contribution in [2.24, 2.45) is 5.92 Å². The molecule has 5 heterocycles. The van der Waals surface area contributed by atoms with Crippen LogP contribution in [0.4, 0.5) is 0 Å². The van der Waals surface area contributed by atoms with E-state index in [2.05, 4.69) is 33.9 Å². The first-order chi connectivity index (χ1) is 14.2. The van der Waals surface area contributed by atoms with Crippen molar-refractivity contribution in [3.8, 4) is 22.5 Å². The molecule has 1 aromatic carbocycles. The number of aromatic nitrogens is 2. The van der Waals surface area contributed by atoms with Crippen molar-refractivity contribution < 1.29 is 5.11 Å². The molecule has 1 unspecified atom stereocenters. The largest absolute Gasteiger partial charge is 0.376 e. The van der Waals surface area contributed by atoms with E-state index in [-0.39, 0.29) is 5.92 Å². The molecule has 3 saturated heterocycles. The van der Waals surface area contributed by atoms with Crippen LogP contribution in [0.15, 0.2) is 54.7 Å². The molecule has 3 aromatic rings. The predicted octanol–water partition coefficient (Wildman–Crippen LogP) is 3.60. The Morgan fingerprint density at radius 3 is 2.59 bits per heavy atom. The summed E-state index contributed by atoms with van der Waals surface area (Å²) in [6.07, 6.45) is 4.57. The predicted molar refractivity (Wildman–Crippen MR) is 116 cm³/mol. The van der Waals surface area contributed by atoms with Gasteiger partial charge in [-0.25, -0.2) is 4.98 Å². The minimum Gasteiger partial charge on any atom is -0.376 e. The molecule has 2 bridgehead atoms. The molecule has 0 spiro atoms. The summed E-state index contributed by atoms with van der Waals surface area (Å²) in [4.78, 5) is 12.6. The number of hydrogen-bond donors (Lipinski definition) is 1. The van der Waals surface area contributed by atoms with Gasteiger partial charge in [0.1, 0.15) is 15.5 Å². The monoisotopic (exact) mass is 401 g/mol. The van der Waals surface area contributed by atoms with Gasteiger partial charge in [-0.1, -0.05) is 48.2 Å². The van der Waals surface area contributed by atoms with Crippen molar-refractivity contribution >= 4 is 11.3 Å². The molecule has 6 rings (SSSR count). The first kappa shape index (κ1) is 18.5. The number of pyridine rings is 1. The van der Waals surface area contributed by atoms with Crippen LogP contribution in [0, 0.1) is 17.8 Å². The zero-order valence-corrected chi connectivity index (χ0v) is 17.0. The third-order valence-corrected chi connectivity index (χ3v) is 6.95. The summed E-state index contributed by atoms with van der Waals surface area (Å²) in [5, 5.41) is 12.1. The highest BCUT2D eigenvalue weighted by atomic mass is 32.1. The van der Waals surface area contributed by atoms with Crippen molar-refractivity contribution in [3.63, 3.8) is 0 Å². The molecular weight excluding hydrogens is 378 g/mol. The van der Waals surface area contributed by atoms with E-state index in [0.717, 1.165) is 53.6 Å². The number of hydrogen-bond acceptors (Lipinski definition) is 5. The molecular formula is C24H23N3OS. The van der Waals surface area contributed by atoms with Crippen molar-refractivity contribution in [2.75, 3.05) is 19.6 Å². The Morgan fingerprint density at radius 1 is 1.10 bits per heavy atom. The standard InChI is InChI=1S/C24H23N3OS/c28-24(17-27-14-10-19(24)11-15-27)12-9-22-21(16-18-6-2-1-3-7-18)26-23(29-22)20-8-4-5-13-25-20/h1-8,13,19,28H,10-11,14-17H2. The summed E-state index contributed by atoms with van der Waals surface area (Å²) >= 11 is 1.57. The Kier molecular flexibility index (Phi) is 4.92. The van der Waals surface area contributed by atoms with Crippen LogP contribution < -0.4 is 0 Å². The topological polar surface area (TPSA) is 49.3 Å². The smallest absolute Gasteiger partial charge is 0.143 e. The minimum absolute atomic E-state index is 0.278. The van der Waals surface area contributed by atoms with Crippen molar-refractivity contribution in [1.29, 1.82) is 0 Å².